The minimum Gasteiger partial charge on any atom is -0.380 e. The van der Waals surface area contributed by atoms with Crippen LogP contribution >= 0.6 is 0 Å². The Morgan fingerprint density at radius 3 is 2.09 bits per heavy atom. The summed E-state index contributed by atoms with van der Waals surface area (Å²) in [6.45, 7) is 18.7. The molecule has 0 unspecified atom stereocenters. The van der Waals surface area contributed by atoms with Gasteiger partial charge in [0, 0.05) is 19.8 Å². The molecule has 0 aliphatic heterocycles. The molecule has 2 N–H and O–H groups in total. The van der Waals surface area contributed by atoms with E-state index >= 15 is 0 Å². The van der Waals surface area contributed by atoms with E-state index in [4.69, 9.17) is 14.9 Å². The quantitative estimate of drug-likeness (QED) is 0.470. The van der Waals surface area contributed by atoms with Gasteiger partial charge in [0.05, 0.1) is 18.6 Å². The standard InChI is InChI=1S/C12H25NO3.C4H9N.C2H6/c1-5-8-16-10-12(3,4)11(14)13-7-9-15-6-2;1-4(2)3-5;1-2/h5-10H2,1-4H3,(H,13,14);3-5H,1-2H3;1-2H3. The normalized spacial score (nSPS) is 10.1. The van der Waals surface area contributed by atoms with Gasteiger partial charge < -0.3 is 20.2 Å². The van der Waals surface area contributed by atoms with Crippen molar-refractivity contribution in [3.8, 4) is 0 Å². The third-order valence-electron chi connectivity index (χ3n) is 2.50. The fraction of sp³-hybridized carbons (Fsp3) is 0.889. The molecule has 0 fully saturated rings. The van der Waals surface area contributed by atoms with Crippen molar-refractivity contribution in [2.45, 2.75) is 61.8 Å². The highest BCUT2D eigenvalue weighted by Gasteiger charge is 2.27. The van der Waals surface area contributed by atoms with Crippen LogP contribution in [-0.4, -0.2) is 45.1 Å². The zero-order valence-electron chi connectivity index (χ0n) is 16.6. The van der Waals surface area contributed by atoms with Gasteiger partial charge in [0.1, 0.15) is 0 Å². The first-order valence-corrected chi connectivity index (χ1v) is 8.76. The fourth-order valence-corrected chi connectivity index (χ4v) is 1.16. The molecule has 0 aliphatic carbocycles. The second-order valence-electron chi connectivity index (χ2n) is 5.80. The molecule has 0 atom stereocenters. The summed E-state index contributed by atoms with van der Waals surface area (Å²) < 4.78 is 10.6. The number of carbonyl (C=O) groups excluding carboxylic acids is 1. The van der Waals surface area contributed by atoms with E-state index in [1.54, 1.807) is 0 Å². The molecule has 0 aromatic carbocycles. The summed E-state index contributed by atoms with van der Waals surface area (Å²) >= 11 is 0. The molecule has 0 saturated heterocycles. The van der Waals surface area contributed by atoms with Crippen molar-refractivity contribution in [1.82, 2.24) is 5.32 Å². The zero-order valence-corrected chi connectivity index (χ0v) is 16.6. The number of nitrogens with one attached hydrogen (secondary N) is 2. The Balaban J connectivity index is -0.000000483. The zero-order chi connectivity index (χ0) is 18.7. The highest BCUT2D eigenvalue weighted by atomic mass is 16.5. The van der Waals surface area contributed by atoms with E-state index in [1.807, 2.05) is 48.5 Å². The SMILES string of the molecule is CC.CC(C)C=N.CCCOCC(C)(C)C(=O)NCCOCC. The van der Waals surface area contributed by atoms with E-state index in [1.165, 1.54) is 6.21 Å². The van der Waals surface area contributed by atoms with Crippen LogP contribution in [0.5, 0.6) is 0 Å². The van der Waals surface area contributed by atoms with E-state index in [-0.39, 0.29) is 5.91 Å². The van der Waals surface area contributed by atoms with Gasteiger partial charge in [-0.15, -0.1) is 0 Å². The maximum absolute atomic E-state index is 11.8. The van der Waals surface area contributed by atoms with Crippen LogP contribution < -0.4 is 5.32 Å². The van der Waals surface area contributed by atoms with Gasteiger partial charge in [-0.25, -0.2) is 0 Å². The molecule has 0 saturated carbocycles. The maximum atomic E-state index is 11.8. The smallest absolute Gasteiger partial charge is 0.228 e. The van der Waals surface area contributed by atoms with E-state index in [2.05, 4.69) is 12.2 Å². The van der Waals surface area contributed by atoms with Gasteiger partial charge >= 0.3 is 0 Å². The third-order valence-corrected chi connectivity index (χ3v) is 2.50. The average molecular weight is 333 g/mol. The number of rotatable bonds is 10. The van der Waals surface area contributed by atoms with Gasteiger partial charge in [-0.2, -0.15) is 0 Å². The van der Waals surface area contributed by atoms with Crippen molar-refractivity contribution in [1.29, 1.82) is 5.41 Å². The molecule has 23 heavy (non-hydrogen) atoms. The highest BCUT2D eigenvalue weighted by Crippen LogP contribution is 2.15. The molecule has 0 rings (SSSR count). The monoisotopic (exact) mass is 332 g/mol. The van der Waals surface area contributed by atoms with E-state index in [9.17, 15) is 4.79 Å². The van der Waals surface area contributed by atoms with Crippen LogP contribution in [0.15, 0.2) is 0 Å². The first kappa shape index (κ1) is 26.9. The van der Waals surface area contributed by atoms with Gasteiger partial charge in [0.15, 0.2) is 0 Å². The minimum absolute atomic E-state index is 0.0170. The third kappa shape index (κ3) is 21.1. The molecule has 0 aliphatic rings. The molecule has 0 spiro atoms. The molecular formula is C18H40N2O3. The Morgan fingerprint density at radius 1 is 1.17 bits per heavy atom. The summed E-state index contributed by atoms with van der Waals surface area (Å²) in [6.07, 6.45) is 2.39. The lowest BCUT2D eigenvalue weighted by molar-refractivity contribution is -0.132. The summed E-state index contributed by atoms with van der Waals surface area (Å²) in [4.78, 5) is 11.8. The summed E-state index contributed by atoms with van der Waals surface area (Å²) in [6, 6.07) is 0. The van der Waals surface area contributed by atoms with Crippen molar-refractivity contribution in [2.24, 2.45) is 11.3 Å². The van der Waals surface area contributed by atoms with Crippen molar-refractivity contribution in [3.05, 3.63) is 0 Å². The van der Waals surface area contributed by atoms with E-state index < -0.39 is 5.41 Å². The lowest BCUT2D eigenvalue weighted by atomic mass is 9.93. The second kappa shape index (κ2) is 19.1. The van der Waals surface area contributed by atoms with Gasteiger partial charge in [-0.1, -0.05) is 34.6 Å². The predicted molar refractivity (Wildman–Crippen MR) is 99.4 cm³/mol. The molecule has 5 heteroatoms. The van der Waals surface area contributed by atoms with Gasteiger partial charge in [0.2, 0.25) is 5.91 Å². The van der Waals surface area contributed by atoms with Crippen LogP contribution in [0.2, 0.25) is 0 Å². The van der Waals surface area contributed by atoms with Crippen LogP contribution in [0, 0.1) is 16.7 Å². The van der Waals surface area contributed by atoms with Gasteiger partial charge in [-0.3, -0.25) is 4.79 Å². The molecule has 0 aromatic heterocycles. The Kier molecular flexibility index (Phi) is 22.4. The highest BCUT2D eigenvalue weighted by molar-refractivity contribution is 5.81. The average Bonchev–Trinajstić information content (AvgIpc) is 2.54. The van der Waals surface area contributed by atoms with Crippen molar-refractivity contribution >= 4 is 12.1 Å². The van der Waals surface area contributed by atoms with Crippen LogP contribution in [0.3, 0.4) is 0 Å². The van der Waals surface area contributed by atoms with Crippen molar-refractivity contribution in [2.75, 3.05) is 33.0 Å². The Bertz CT molecular complexity index is 267. The maximum Gasteiger partial charge on any atom is 0.228 e. The van der Waals surface area contributed by atoms with Gasteiger partial charge in [-0.05, 0) is 39.3 Å². The lowest BCUT2D eigenvalue weighted by Crippen LogP contribution is -2.41. The molecule has 0 heterocycles. The summed E-state index contributed by atoms with van der Waals surface area (Å²) in [7, 11) is 0. The fourth-order valence-electron chi connectivity index (χ4n) is 1.16. The summed E-state index contributed by atoms with van der Waals surface area (Å²) in [5.74, 6) is 0.443. The van der Waals surface area contributed by atoms with Crippen LogP contribution in [0.25, 0.3) is 0 Å². The summed E-state index contributed by atoms with van der Waals surface area (Å²) in [5.41, 5.74) is -0.471. The number of carbonyl (C=O) groups is 1. The molecule has 140 valence electrons. The molecular weight excluding hydrogens is 292 g/mol. The van der Waals surface area contributed by atoms with Crippen LogP contribution in [-0.2, 0) is 14.3 Å². The number of amides is 1. The molecule has 0 bridgehead atoms. The molecule has 0 aromatic rings. The lowest BCUT2D eigenvalue weighted by Gasteiger charge is -2.23. The number of hydrogen-bond acceptors (Lipinski definition) is 4. The Morgan fingerprint density at radius 2 is 1.70 bits per heavy atom. The van der Waals surface area contributed by atoms with Crippen molar-refractivity contribution < 1.29 is 14.3 Å². The minimum atomic E-state index is -0.471. The van der Waals surface area contributed by atoms with Crippen molar-refractivity contribution in [3.63, 3.8) is 0 Å². The van der Waals surface area contributed by atoms with Crippen LogP contribution in [0.1, 0.15) is 61.8 Å². The molecule has 0 radical (unpaired) electrons. The second-order valence-corrected chi connectivity index (χ2v) is 5.80. The van der Waals surface area contributed by atoms with E-state index in [0.717, 1.165) is 6.42 Å². The molecule has 5 nitrogen and oxygen atoms in total. The summed E-state index contributed by atoms with van der Waals surface area (Å²) in [5, 5.41) is 9.37. The van der Waals surface area contributed by atoms with Gasteiger partial charge in [0.25, 0.3) is 0 Å². The first-order valence-electron chi connectivity index (χ1n) is 8.76. The Hall–Kier alpha value is -0.940. The Labute approximate surface area is 144 Å². The molecule has 1 amide bonds. The number of hydrogen-bond donors (Lipinski definition) is 2. The topological polar surface area (TPSA) is 71.4 Å². The largest absolute Gasteiger partial charge is 0.380 e. The van der Waals surface area contributed by atoms with Crippen LogP contribution in [0.4, 0.5) is 0 Å². The predicted octanol–water partition coefficient (Wildman–Crippen LogP) is 3.91. The first-order chi connectivity index (χ1) is 10.8. The number of ether oxygens (including phenoxy) is 2. The van der Waals surface area contributed by atoms with E-state index in [0.29, 0.717) is 38.9 Å².